The van der Waals surface area contributed by atoms with Gasteiger partial charge in [0.2, 0.25) is 5.91 Å². The SMILES string of the molecule is N#Cc1ccc(N2CCN(C(=O)C3CCCC3)CC2)c(Br)c1. The van der Waals surface area contributed by atoms with E-state index in [1.807, 2.05) is 23.1 Å². The molecule has 116 valence electrons. The predicted molar refractivity (Wildman–Crippen MR) is 89.6 cm³/mol. The van der Waals surface area contributed by atoms with Gasteiger partial charge in [-0.3, -0.25) is 4.79 Å². The Bertz CT molecular complexity index is 596. The molecule has 1 amide bonds. The Morgan fingerprint density at radius 3 is 2.45 bits per heavy atom. The lowest BCUT2D eigenvalue weighted by Crippen LogP contribution is -2.50. The molecule has 22 heavy (non-hydrogen) atoms. The van der Waals surface area contributed by atoms with Gasteiger partial charge in [0.1, 0.15) is 0 Å². The number of rotatable bonds is 2. The molecule has 3 rings (SSSR count). The summed E-state index contributed by atoms with van der Waals surface area (Å²) in [6.45, 7) is 3.29. The summed E-state index contributed by atoms with van der Waals surface area (Å²) in [4.78, 5) is 16.8. The molecule has 1 saturated heterocycles. The number of carbonyl (C=O) groups is 1. The highest BCUT2D eigenvalue weighted by Gasteiger charge is 2.29. The predicted octanol–water partition coefficient (Wildman–Crippen LogP) is 3.16. The number of hydrogen-bond acceptors (Lipinski definition) is 3. The van der Waals surface area contributed by atoms with Crippen molar-refractivity contribution in [1.29, 1.82) is 5.26 Å². The molecule has 1 aromatic carbocycles. The summed E-state index contributed by atoms with van der Waals surface area (Å²) >= 11 is 3.55. The Hall–Kier alpha value is -1.54. The molecule has 0 aromatic heterocycles. The van der Waals surface area contributed by atoms with E-state index in [9.17, 15) is 4.79 Å². The van der Waals surface area contributed by atoms with Crippen molar-refractivity contribution >= 4 is 27.5 Å². The van der Waals surface area contributed by atoms with Gasteiger partial charge in [-0.1, -0.05) is 12.8 Å². The number of hydrogen-bond donors (Lipinski definition) is 0. The molecule has 1 heterocycles. The molecule has 1 saturated carbocycles. The molecular formula is C17H20BrN3O. The zero-order valence-electron chi connectivity index (χ0n) is 12.6. The van der Waals surface area contributed by atoms with Crippen molar-refractivity contribution in [1.82, 2.24) is 4.90 Å². The summed E-state index contributed by atoms with van der Waals surface area (Å²) in [6.07, 6.45) is 4.55. The van der Waals surface area contributed by atoms with Crippen LogP contribution >= 0.6 is 15.9 Å². The maximum absolute atomic E-state index is 12.5. The third-order valence-electron chi connectivity index (χ3n) is 4.71. The van der Waals surface area contributed by atoms with Gasteiger partial charge < -0.3 is 9.80 Å². The quantitative estimate of drug-likeness (QED) is 0.812. The number of carbonyl (C=O) groups excluding carboxylic acids is 1. The van der Waals surface area contributed by atoms with Crippen molar-refractivity contribution in [3.05, 3.63) is 28.2 Å². The van der Waals surface area contributed by atoms with Gasteiger partial charge in [-0.05, 0) is 47.0 Å². The first-order chi connectivity index (χ1) is 10.7. The molecular weight excluding hydrogens is 342 g/mol. The zero-order valence-corrected chi connectivity index (χ0v) is 14.2. The second-order valence-corrected chi connectivity index (χ2v) is 6.93. The molecule has 0 spiro atoms. The number of nitriles is 1. The lowest BCUT2D eigenvalue weighted by atomic mass is 10.1. The van der Waals surface area contributed by atoms with Crippen molar-refractivity contribution < 1.29 is 4.79 Å². The van der Waals surface area contributed by atoms with Crippen LogP contribution in [0.2, 0.25) is 0 Å². The number of benzene rings is 1. The summed E-state index contributed by atoms with van der Waals surface area (Å²) in [7, 11) is 0. The first kappa shape index (κ1) is 15.4. The number of amides is 1. The van der Waals surface area contributed by atoms with E-state index in [0.717, 1.165) is 49.2 Å². The Kier molecular flexibility index (Phi) is 4.68. The van der Waals surface area contributed by atoms with E-state index >= 15 is 0 Å². The van der Waals surface area contributed by atoms with Crippen molar-refractivity contribution in [2.75, 3.05) is 31.1 Å². The van der Waals surface area contributed by atoms with Gasteiger partial charge in [-0.2, -0.15) is 5.26 Å². The van der Waals surface area contributed by atoms with Gasteiger partial charge >= 0.3 is 0 Å². The largest absolute Gasteiger partial charge is 0.367 e. The Balaban J connectivity index is 1.62. The average molecular weight is 362 g/mol. The zero-order chi connectivity index (χ0) is 15.5. The molecule has 1 aromatic rings. The minimum Gasteiger partial charge on any atom is -0.367 e. The van der Waals surface area contributed by atoms with E-state index in [-0.39, 0.29) is 5.92 Å². The fraction of sp³-hybridized carbons (Fsp3) is 0.529. The summed E-state index contributed by atoms with van der Waals surface area (Å²) in [6, 6.07) is 7.83. The number of anilines is 1. The van der Waals surface area contributed by atoms with Crippen LogP contribution in [0.3, 0.4) is 0 Å². The molecule has 0 bridgehead atoms. The van der Waals surface area contributed by atoms with Crippen LogP contribution in [0.5, 0.6) is 0 Å². The maximum atomic E-state index is 12.5. The molecule has 2 fully saturated rings. The van der Waals surface area contributed by atoms with Crippen molar-refractivity contribution in [2.24, 2.45) is 5.92 Å². The number of nitrogens with zero attached hydrogens (tertiary/aromatic N) is 3. The van der Waals surface area contributed by atoms with Crippen molar-refractivity contribution in [2.45, 2.75) is 25.7 Å². The Labute approximate surface area is 139 Å². The summed E-state index contributed by atoms with van der Waals surface area (Å²) < 4.78 is 0.946. The van der Waals surface area contributed by atoms with E-state index in [1.54, 1.807) is 0 Å². The molecule has 0 radical (unpaired) electrons. The minimum absolute atomic E-state index is 0.271. The van der Waals surface area contributed by atoms with Crippen LogP contribution < -0.4 is 4.90 Å². The highest BCUT2D eigenvalue weighted by atomic mass is 79.9. The third kappa shape index (κ3) is 3.12. The van der Waals surface area contributed by atoms with Gasteiger partial charge in [-0.25, -0.2) is 0 Å². The van der Waals surface area contributed by atoms with Gasteiger partial charge in [0.05, 0.1) is 17.3 Å². The van der Waals surface area contributed by atoms with Crippen LogP contribution in [-0.4, -0.2) is 37.0 Å². The second-order valence-electron chi connectivity index (χ2n) is 6.07. The Morgan fingerprint density at radius 2 is 1.86 bits per heavy atom. The van der Waals surface area contributed by atoms with Crippen molar-refractivity contribution in [3.8, 4) is 6.07 Å². The van der Waals surface area contributed by atoms with E-state index in [0.29, 0.717) is 11.5 Å². The van der Waals surface area contributed by atoms with Gasteiger partial charge in [0.15, 0.2) is 0 Å². The average Bonchev–Trinajstić information content (AvgIpc) is 3.08. The molecule has 0 atom stereocenters. The first-order valence-electron chi connectivity index (χ1n) is 7.92. The summed E-state index contributed by atoms with van der Waals surface area (Å²) in [5, 5.41) is 8.93. The van der Waals surface area contributed by atoms with E-state index in [1.165, 1.54) is 12.8 Å². The highest BCUT2D eigenvalue weighted by Crippen LogP contribution is 2.30. The lowest BCUT2D eigenvalue weighted by molar-refractivity contribution is -0.135. The van der Waals surface area contributed by atoms with Gasteiger partial charge in [0, 0.05) is 36.6 Å². The van der Waals surface area contributed by atoms with Gasteiger partial charge in [-0.15, -0.1) is 0 Å². The smallest absolute Gasteiger partial charge is 0.225 e. The third-order valence-corrected chi connectivity index (χ3v) is 5.35. The minimum atomic E-state index is 0.271. The fourth-order valence-electron chi connectivity index (χ4n) is 3.43. The molecule has 5 heteroatoms. The normalized spacial score (nSPS) is 19.3. The fourth-order valence-corrected chi connectivity index (χ4v) is 4.06. The molecule has 2 aliphatic rings. The van der Waals surface area contributed by atoms with Gasteiger partial charge in [0.25, 0.3) is 0 Å². The monoisotopic (exact) mass is 361 g/mol. The molecule has 0 N–H and O–H groups in total. The van der Waals surface area contributed by atoms with Crippen LogP contribution in [0.4, 0.5) is 5.69 Å². The molecule has 1 aliphatic carbocycles. The number of halogens is 1. The van der Waals surface area contributed by atoms with Crippen LogP contribution in [0, 0.1) is 17.2 Å². The first-order valence-corrected chi connectivity index (χ1v) is 8.72. The molecule has 4 nitrogen and oxygen atoms in total. The lowest BCUT2D eigenvalue weighted by Gasteiger charge is -2.37. The topological polar surface area (TPSA) is 47.3 Å². The summed E-state index contributed by atoms with van der Waals surface area (Å²) in [5.41, 5.74) is 1.76. The van der Waals surface area contributed by atoms with Crippen LogP contribution in [0.25, 0.3) is 0 Å². The standard InChI is InChI=1S/C17H20BrN3O/c18-15-11-13(12-19)5-6-16(15)20-7-9-21(10-8-20)17(22)14-3-1-2-4-14/h5-6,11,14H,1-4,7-10H2. The second kappa shape index (κ2) is 6.70. The van der Waals surface area contributed by atoms with Crippen LogP contribution in [0.15, 0.2) is 22.7 Å². The van der Waals surface area contributed by atoms with E-state index in [4.69, 9.17) is 5.26 Å². The van der Waals surface area contributed by atoms with Crippen LogP contribution in [0.1, 0.15) is 31.2 Å². The van der Waals surface area contributed by atoms with E-state index in [2.05, 4.69) is 26.9 Å². The van der Waals surface area contributed by atoms with E-state index < -0.39 is 0 Å². The van der Waals surface area contributed by atoms with Crippen LogP contribution in [-0.2, 0) is 4.79 Å². The molecule has 0 unspecified atom stereocenters. The Morgan fingerprint density at radius 1 is 1.18 bits per heavy atom. The molecule has 1 aliphatic heterocycles. The number of piperazine rings is 1. The highest BCUT2D eigenvalue weighted by molar-refractivity contribution is 9.10. The maximum Gasteiger partial charge on any atom is 0.225 e. The van der Waals surface area contributed by atoms with Crippen molar-refractivity contribution in [3.63, 3.8) is 0 Å². The summed E-state index contributed by atoms with van der Waals surface area (Å²) in [5.74, 6) is 0.629.